The zero-order valence-corrected chi connectivity index (χ0v) is 12.1. The van der Waals surface area contributed by atoms with Gasteiger partial charge >= 0.3 is 0 Å². The third-order valence-electron chi connectivity index (χ3n) is 3.74. The van der Waals surface area contributed by atoms with E-state index in [0.29, 0.717) is 18.1 Å². The van der Waals surface area contributed by atoms with Crippen molar-refractivity contribution >= 4 is 23.1 Å². The zero-order valence-electron chi connectivity index (χ0n) is 11.3. The minimum atomic E-state index is 0.0733. The normalized spacial score (nSPS) is 17.6. The van der Waals surface area contributed by atoms with Gasteiger partial charge in [-0.15, -0.1) is 0 Å². The first-order valence-corrected chi connectivity index (χ1v) is 7.16. The molecular formula is C15H20N2OS. The number of rotatable bonds is 4. The van der Waals surface area contributed by atoms with Gasteiger partial charge in [0.25, 0.3) is 0 Å². The lowest BCUT2D eigenvalue weighted by atomic mass is 9.83. The Morgan fingerprint density at radius 3 is 2.74 bits per heavy atom. The lowest BCUT2D eigenvalue weighted by Gasteiger charge is -2.29. The van der Waals surface area contributed by atoms with Crippen molar-refractivity contribution in [1.29, 1.82) is 0 Å². The molecule has 3 nitrogen and oxygen atoms in total. The molecule has 1 aliphatic carbocycles. The molecule has 1 aromatic carbocycles. The molecule has 0 bridgehead atoms. The zero-order chi connectivity index (χ0) is 13.8. The molecule has 2 N–H and O–H groups in total. The van der Waals surface area contributed by atoms with Crippen LogP contribution in [0.4, 0.5) is 0 Å². The number of aryl methyl sites for hydroxylation is 1. The molecule has 4 heteroatoms. The predicted molar refractivity (Wildman–Crippen MR) is 81.0 cm³/mol. The number of hydrogen-bond donors (Lipinski definition) is 1. The number of hydrogen-bond acceptors (Lipinski definition) is 2. The van der Waals surface area contributed by atoms with Crippen molar-refractivity contribution in [3.8, 4) is 0 Å². The van der Waals surface area contributed by atoms with E-state index >= 15 is 0 Å². The van der Waals surface area contributed by atoms with Crippen LogP contribution in [0.3, 0.4) is 0 Å². The Balaban J connectivity index is 2.07. The number of fused-ring (bicyclic) bond motifs is 1. The minimum Gasteiger partial charge on any atom is -0.392 e. The van der Waals surface area contributed by atoms with E-state index in [1.165, 1.54) is 11.1 Å². The van der Waals surface area contributed by atoms with Crippen LogP contribution in [0.25, 0.3) is 0 Å². The van der Waals surface area contributed by atoms with E-state index in [2.05, 4.69) is 18.2 Å². The summed E-state index contributed by atoms with van der Waals surface area (Å²) in [7, 11) is 0. The number of carbonyl (C=O) groups excluding carboxylic acids is 1. The second-order valence-corrected chi connectivity index (χ2v) is 5.55. The average molecular weight is 276 g/mol. The second-order valence-electron chi connectivity index (χ2n) is 5.03. The first-order valence-electron chi connectivity index (χ1n) is 6.75. The van der Waals surface area contributed by atoms with Gasteiger partial charge in [-0.05, 0) is 37.3 Å². The third kappa shape index (κ3) is 3.32. The van der Waals surface area contributed by atoms with Crippen molar-refractivity contribution in [2.24, 2.45) is 11.7 Å². The molecule has 0 aromatic heterocycles. The Morgan fingerprint density at radius 2 is 2.11 bits per heavy atom. The van der Waals surface area contributed by atoms with Crippen LogP contribution in [-0.4, -0.2) is 28.9 Å². The molecule has 19 heavy (non-hydrogen) atoms. The summed E-state index contributed by atoms with van der Waals surface area (Å²) in [5.41, 5.74) is 8.23. The molecule has 0 spiro atoms. The van der Waals surface area contributed by atoms with Gasteiger partial charge in [0.15, 0.2) is 0 Å². The summed E-state index contributed by atoms with van der Waals surface area (Å²) in [5, 5.41) is 0. The van der Waals surface area contributed by atoms with Gasteiger partial charge < -0.3 is 10.6 Å². The molecule has 1 atom stereocenters. The van der Waals surface area contributed by atoms with Crippen molar-refractivity contribution in [2.75, 3.05) is 13.1 Å². The van der Waals surface area contributed by atoms with Gasteiger partial charge in [-0.2, -0.15) is 0 Å². The number of likely N-dealkylation sites (N-methyl/N-ethyl adjacent to an activating group) is 1. The topological polar surface area (TPSA) is 46.3 Å². The highest BCUT2D eigenvalue weighted by molar-refractivity contribution is 7.80. The Labute approximate surface area is 119 Å². The summed E-state index contributed by atoms with van der Waals surface area (Å²) >= 11 is 4.91. The molecule has 2 rings (SSSR count). The van der Waals surface area contributed by atoms with Crippen LogP contribution in [0.5, 0.6) is 0 Å². The summed E-state index contributed by atoms with van der Waals surface area (Å²) in [4.78, 5) is 14.6. The van der Waals surface area contributed by atoms with E-state index in [9.17, 15) is 4.79 Å². The molecule has 1 amide bonds. The maximum atomic E-state index is 12.5. The Hall–Kier alpha value is -1.42. The number of nitrogens with two attached hydrogens (primary N) is 1. The molecular weight excluding hydrogens is 256 g/mol. The van der Waals surface area contributed by atoms with Gasteiger partial charge in [0.05, 0.1) is 11.5 Å². The molecule has 102 valence electrons. The van der Waals surface area contributed by atoms with Gasteiger partial charge in [-0.25, -0.2) is 0 Å². The smallest absolute Gasteiger partial charge is 0.226 e. The van der Waals surface area contributed by atoms with E-state index in [1.807, 2.05) is 13.0 Å². The van der Waals surface area contributed by atoms with Gasteiger partial charge in [-0.1, -0.05) is 36.5 Å². The number of benzene rings is 1. The van der Waals surface area contributed by atoms with Gasteiger partial charge in [-0.3, -0.25) is 4.79 Å². The Morgan fingerprint density at radius 1 is 1.42 bits per heavy atom. The number of nitrogens with zero attached hydrogens (tertiary/aromatic N) is 1. The van der Waals surface area contributed by atoms with Crippen LogP contribution in [0.1, 0.15) is 24.5 Å². The molecule has 0 aliphatic heterocycles. The predicted octanol–water partition coefficient (Wildman–Crippen LogP) is 1.93. The van der Waals surface area contributed by atoms with Crippen molar-refractivity contribution in [3.63, 3.8) is 0 Å². The summed E-state index contributed by atoms with van der Waals surface area (Å²) in [6.45, 7) is 3.02. The lowest BCUT2D eigenvalue weighted by Crippen LogP contribution is -2.42. The van der Waals surface area contributed by atoms with E-state index in [1.54, 1.807) is 4.90 Å². The van der Waals surface area contributed by atoms with Crippen molar-refractivity contribution < 1.29 is 4.79 Å². The van der Waals surface area contributed by atoms with E-state index in [-0.39, 0.29) is 11.8 Å². The van der Waals surface area contributed by atoms with Gasteiger partial charge in [0.2, 0.25) is 5.91 Å². The van der Waals surface area contributed by atoms with Crippen molar-refractivity contribution in [2.45, 2.75) is 26.2 Å². The largest absolute Gasteiger partial charge is 0.392 e. The van der Waals surface area contributed by atoms with Crippen LogP contribution in [0.2, 0.25) is 0 Å². The van der Waals surface area contributed by atoms with Crippen molar-refractivity contribution in [3.05, 3.63) is 35.4 Å². The summed E-state index contributed by atoms with van der Waals surface area (Å²) in [5.74, 6) is 0.258. The maximum absolute atomic E-state index is 12.5. The fourth-order valence-corrected chi connectivity index (χ4v) is 2.86. The maximum Gasteiger partial charge on any atom is 0.226 e. The van der Waals surface area contributed by atoms with Crippen LogP contribution < -0.4 is 5.73 Å². The fraction of sp³-hybridized carbons (Fsp3) is 0.467. The highest BCUT2D eigenvalue weighted by Gasteiger charge is 2.27. The first-order chi connectivity index (χ1) is 9.11. The molecule has 0 heterocycles. The second kappa shape index (κ2) is 6.15. The lowest BCUT2D eigenvalue weighted by molar-refractivity contribution is -0.134. The summed E-state index contributed by atoms with van der Waals surface area (Å²) in [6, 6.07) is 8.38. The van der Waals surface area contributed by atoms with E-state index in [0.717, 1.165) is 19.3 Å². The Bertz CT molecular complexity index is 487. The molecule has 1 aromatic rings. The monoisotopic (exact) mass is 276 g/mol. The molecule has 0 fully saturated rings. The van der Waals surface area contributed by atoms with E-state index < -0.39 is 0 Å². The summed E-state index contributed by atoms with van der Waals surface area (Å²) in [6.07, 6.45) is 2.74. The molecule has 1 aliphatic rings. The molecule has 0 radical (unpaired) electrons. The standard InChI is InChI=1S/C15H20N2OS/c1-2-17(10-14(16)19)15(18)13-8-7-11-5-3-4-6-12(11)9-13/h3-6,13H,2,7-10H2,1H3,(H2,16,19). The number of thiocarbonyl (C=S) groups is 1. The van der Waals surface area contributed by atoms with Gasteiger partial charge in [0.1, 0.15) is 0 Å². The van der Waals surface area contributed by atoms with Crippen LogP contribution in [-0.2, 0) is 17.6 Å². The molecule has 0 saturated carbocycles. The van der Waals surface area contributed by atoms with Crippen molar-refractivity contribution in [1.82, 2.24) is 4.90 Å². The summed E-state index contributed by atoms with van der Waals surface area (Å²) < 4.78 is 0. The number of carbonyl (C=O) groups is 1. The van der Waals surface area contributed by atoms with E-state index in [4.69, 9.17) is 18.0 Å². The van der Waals surface area contributed by atoms with Crippen LogP contribution >= 0.6 is 12.2 Å². The van der Waals surface area contributed by atoms with Crippen LogP contribution in [0.15, 0.2) is 24.3 Å². The Kier molecular flexibility index (Phi) is 4.53. The highest BCUT2D eigenvalue weighted by Crippen LogP contribution is 2.26. The third-order valence-corrected chi connectivity index (χ3v) is 3.87. The van der Waals surface area contributed by atoms with Crippen LogP contribution in [0, 0.1) is 5.92 Å². The minimum absolute atomic E-state index is 0.0733. The number of amides is 1. The van der Waals surface area contributed by atoms with Gasteiger partial charge in [0, 0.05) is 12.5 Å². The molecule has 1 unspecified atom stereocenters. The average Bonchev–Trinajstić information content (AvgIpc) is 2.43. The SMILES string of the molecule is CCN(CC(N)=S)C(=O)C1CCc2ccccc2C1. The quantitative estimate of drug-likeness (QED) is 0.855. The molecule has 0 saturated heterocycles. The highest BCUT2D eigenvalue weighted by atomic mass is 32.1. The fourth-order valence-electron chi connectivity index (χ4n) is 2.70. The first kappa shape index (κ1) is 14.0.